The standard InChI is InChI=1S/C30H41N5O6/c1-3-41-29(40)20(2)18-24(19-21-11-13-23(14-12-21)22-8-5-4-6-9-22)34-26(36)15-16-27(37)35-25(28(38)39)10-7-17-33-30(31)32/h4-6,8-9,11-14,20,24-25H,3,7,10,15-19H2,1-2H3,(H,34,36)(H,35,37)(H,38,39)(H4,31,32,33). The zero-order chi connectivity index (χ0) is 30.2. The maximum Gasteiger partial charge on any atom is 0.326 e. The summed E-state index contributed by atoms with van der Waals surface area (Å²) in [6, 6.07) is 16.5. The Labute approximate surface area is 240 Å². The van der Waals surface area contributed by atoms with Crippen LogP contribution >= 0.6 is 0 Å². The number of hydrogen-bond donors (Lipinski definition) is 6. The zero-order valence-corrected chi connectivity index (χ0v) is 23.7. The summed E-state index contributed by atoms with van der Waals surface area (Å²) in [6.07, 6.45) is 1.03. The third kappa shape index (κ3) is 12.5. The molecule has 222 valence electrons. The number of carboxylic acid groups (broad SMARTS) is 1. The molecule has 0 fully saturated rings. The van der Waals surface area contributed by atoms with Gasteiger partial charge in [-0.2, -0.15) is 0 Å². The summed E-state index contributed by atoms with van der Waals surface area (Å²) in [6.45, 7) is 4.06. The molecule has 0 heterocycles. The number of carbonyl (C=O) groups excluding carboxylic acids is 3. The number of esters is 1. The molecule has 0 aliphatic carbocycles. The number of rotatable bonds is 17. The Hall–Kier alpha value is -4.41. The molecule has 0 aliphatic rings. The lowest BCUT2D eigenvalue weighted by Crippen LogP contribution is -2.42. The molecule has 2 aromatic rings. The summed E-state index contributed by atoms with van der Waals surface area (Å²) >= 11 is 0. The van der Waals surface area contributed by atoms with E-state index in [9.17, 15) is 24.3 Å². The van der Waals surface area contributed by atoms with Gasteiger partial charge in [-0.3, -0.25) is 19.8 Å². The van der Waals surface area contributed by atoms with E-state index >= 15 is 0 Å². The Morgan fingerprint density at radius 3 is 2.15 bits per heavy atom. The number of benzene rings is 2. The summed E-state index contributed by atoms with van der Waals surface area (Å²) in [5, 5.41) is 24.5. The van der Waals surface area contributed by atoms with Gasteiger partial charge in [0.1, 0.15) is 6.04 Å². The largest absolute Gasteiger partial charge is 0.480 e. The molecule has 0 radical (unpaired) electrons. The second-order valence-electron chi connectivity index (χ2n) is 9.86. The summed E-state index contributed by atoms with van der Waals surface area (Å²) in [4.78, 5) is 48.9. The summed E-state index contributed by atoms with van der Waals surface area (Å²) in [5.41, 5.74) is 8.34. The van der Waals surface area contributed by atoms with E-state index in [1.165, 1.54) is 0 Å². The summed E-state index contributed by atoms with van der Waals surface area (Å²) in [5.74, 6) is -3.12. The van der Waals surface area contributed by atoms with Crippen molar-refractivity contribution in [3.05, 3.63) is 60.2 Å². The predicted octanol–water partition coefficient (Wildman–Crippen LogP) is 2.58. The van der Waals surface area contributed by atoms with Crippen LogP contribution < -0.4 is 21.7 Å². The fourth-order valence-electron chi connectivity index (χ4n) is 4.33. The molecule has 0 bridgehead atoms. The second-order valence-corrected chi connectivity index (χ2v) is 9.86. The van der Waals surface area contributed by atoms with Crippen molar-refractivity contribution in [1.29, 1.82) is 5.41 Å². The normalized spacial score (nSPS) is 12.8. The van der Waals surface area contributed by atoms with Crippen LogP contribution in [0.1, 0.15) is 51.5 Å². The molecule has 0 aromatic heterocycles. The fourth-order valence-corrected chi connectivity index (χ4v) is 4.33. The molecule has 7 N–H and O–H groups in total. The number of carbonyl (C=O) groups is 4. The molecule has 0 saturated heterocycles. The summed E-state index contributed by atoms with van der Waals surface area (Å²) < 4.78 is 5.13. The van der Waals surface area contributed by atoms with Crippen LogP contribution in [0.5, 0.6) is 0 Å². The van der Waals surface area contributed by atoms with Crippen LogP contribution in [0.3, 0.4) is 0 Å². The van der Waals surface area contributed by atoms with Crippen LogP contribution in [-0.2, 0) is 30.3 Å². The average Bonchev–Trinajstić information content (AvgIpc) is 2.94. The number of guanidine groups is 1. The Morgan fingerprint density at radius 2 is 1.56 bits per heavy atom. The van der Waals surface area contributed by atoms with Gasteiger partial charge in [0.25, 0.3) is 0 Å². The highest BCUT2D eigenvalue weighted by molar-refractivity contribution is 5.87. The topological polar surface area (TPSA) is 184 Å². The van der Waals surface area contributed by atoms with Crippen molar-refractivity contribution in [2.45, 2.75) is 64.5 Å². The number of amides is 2. The monoisotopic (exact) mass is 567 g/mol. The molecular weight excluding hydrogens is 526 g/mol. The molecule has 0 spiro atoms. The molecule has 0 saturated carbocycles. The molecular formula is C30H41N5O6. The minimum atomic E-state index is -1.18. The minimum absolute atomic E-state index is 0.138. The van der Waals surface area contributed by atoms with Crippen LogP contribution in [0.25, 0.3) is 11.1 Å². The van der Waals surface area contributed by atoms with E-state index in [-0.39, 0.29) is 49.7 Å². The molecule has 3 atom stereocenters. The quantitative estimate of drug-likeness (QED) is 0.0729. The van der Waals surface area contributed by atoms with E-state index < -0.39 is 23.8 Å². The number of aliphatic carboxylic acids is 1. The lowest BCUT2D eigenvalue weighted by atomic mass is 9.94. The Morgan fingerprint density at radius 1 is 0.951 bits per heavy atom. The third-order valence-electron chi connectivity index (χ3n) is 6.43. The Kier molecular flexibility index (Phi) is 13.9. The Balaban J connectivity index is 1.97. The maximum atomic E-state index is 12.8. The van der Waals surface area contributed by atoms with Gasteiger partial charge in [-0.05, 0) is 49.3 Å². The van der Waals surface area contributed by atoms with Gasteiger partial charge in [0, 0.05) is 25.4 Å². The highest BCUT2D eigenvalue weighted by atomic mass is 16.5. The van der Waals surface area contributed by atoms with Crippen molar-refractivity contribution in [3.8, 4) is 11.1 Å². The van der Waals surface area contributed by atoms with Crippen molar-refractivity contribution in [2.75, 3.05) is 13.2 Å². The number of ether oxygens (including phenoxy) is 1. The van der Waals surface area contributed by atoms with Gasteiger partial charge < -0.3 is 31.5 Å². The van der Waals surface area contributed by atoms with Gasteiger partial charge in [0.2, 0.25) is 11.8 Å². The number of nitrogens with two attached hydrogens (primary N) is 1. The predicted molar refractivity (Wildman–Crippen MR) is 156 cm³/mol. The number of carboxylic acids is 1. The van der Waals surface area contributed by atoms with E-state index in [0.717, 1.165) is 16.7 Å². The van der Waals surface area contributed by atoms with Crippen LogP contribution in [0.4, 0.5) is 0 Å². The molecule has 2 rings (SSSR count). The van der Waals surface area contributed by atoms with Gasteiger partial charge in [-0.25, -0.2) is 4.79 Å². The molecule has 41 heavy (non-hydrogen) atoms. The van der Waals surface area contributed by atoms with E-state index in [0.29, 0.717) is 25.8 Å². The van der Waals surface area contributed by atoms with Crippen molar-refractivity contribution >= 4 is 29.7 Å². The minimum Gasteiger partial charge on any atom is -0.480 e. The van der Waals surface area contributed by atoms with Crippen molar-refractivity contribution in [2.24, 2.45) is 11.7 Å². The molecule has 3 unspecified atom stereocenters. The second kappa shape index (κ2) is 17.3. The van der Waals surface area contributed by atoms with Gasteiger partial charge in [0.05, 0.1) is 12.5 Å². The first-order valence-electron chi connectivity index (χ1n) is 13.8. The lowest BCUT2D eigenvalue weighted by Gasteiger charge is -2.22. The van der Waals surface area contributed by atoms with Gasteiger partial charge in [0.15, 0.2) is 5.96 Å². The van der Waals surface area contributed by atoms with Crippen molar-refractivity contribution in [3.63, 3.8) is 0 Å². The Bertz CT molecular complexity index is 1160. The lowest BCUT2D eigenvalue weighted by molar-refractivity contribution is -0.148. The molecule has 11 heteroatoms. The maximum absolute atomic E-state index is 12.8. The van der Waals surface area contributed by atoms with E-state index in [4.69, 9.17) is 15.9 Å². The van der Waals surface area contributed by atoms with Crippen LogP contribution in [0, 0.1) is 11.3 Å². The van der Waals surface area contributed by atoms with Gasteiger partial charge in [-0.1, -0.05) is 61.5 Å². The SMILES string of the molecule is CCOC(=O)C(C)CC(Cc1ccc(-c2ccccc2)cc1)NC(=O)CCC(=O)NC(CCCNC(=N)N)C(=O)O. The highest BCUT2D eigenvalue weighted by Gasteiger charge is 2.23. The molecule has 2 aromatic carbocycles. The van der Waals surface area contributed by atoms with Crippen LogP contribution in [0.15, 0.2) is 54.6 Å². The van der Waals surface area contributed by atoms with Crippen LogP contribution in [-0.4, -0.2) is 60.1 Å². The van der Waals surface area contributed by atoms with Crippen molar-refractivity contribution < 1.29 is 29.0 Å². The van der Waals surface area contributed by atoms with Crippen LogP contribution in [0.2, 0.25) is 0 Å². The van der Waals surface area contributed by atoms with Gasteiger partial charge in [-0.15, -0.1) is 0 Å². The first-order valence-corrected chi connectivity index (χ1v) is 13.8. The fraction of sp³-hybridized carbons (Fsp3) is 0.433. The van der Waals surface area contributed by atoms with E-state index in [1.54, 1.807) is 13.8 Å². The summed E-state index contributed by atoms with van der Waals surface area (Å²) in [7, 11) is 0. The third-order valence-corrected chi connectivity index (χ3v) is 6.43. The zero-order valence-electron chi connectivity index (χ0n) is 23.7. The smallest absolute Gasteiger partial charge is 0.326 e. The highest BCUT2D eigenvalue weighted by Crippen LogP contribution is 2.21. The molecule has 2 amide bonds. The van der Waals surface area contributed by atoms with E-state index in [1.807, 2.05) is 54.6 Å². The number of hydrogen-bond acceptors (Lipinski definition) is 6. The molecule has 0 aliphatic heterocycles. The average molecular weight is 568 g/mol. The molecule has 11 nitrogen and oxygen atoms in total. The van der Waals surface area contributed by atoms with E-state index in [2.05, 4.69) is 16.0 Å². The first kappa shape index (κ1) is 32.8. The first-order chi connectivity index (χ1) is 19.6. The van der Waals surface area contributed by atoms with Gasteiger partial charge >= 0.3 is 11.9 Å². The number of nitrogens with one attached hydrogen (secondary N) is 4. The van der Waals surface area contributed by atoms with Crippen molar-refractivity contribution in [1.82, 2.24) is 16.0 Å².